The number of carbonyl (C=O) groups is 1. The number of aliphatic hydroxyl groups excluding tert-OH is 1. The summed E-state index contributed by atoms with van der Waals surface area (Å²) in [6.45, 7) is 7.95. The second kappa shape index (κ2) is 8.11. The molecule has 6 heteroatoms. The molecule has 0 spiro atoms. The first-order chi connectivity index (χ1) is 10.9. The maximum atomic E-state index is 12.1. The van der Waals surface area contributed by atoms with Crippen molar-refractivity contribution >= 4 is 17.5 Å². The minimum absolute atomic E-state index is 0.0425. The van der Waals surface area contributed by atoms with Gasteiger partial charge in [0, 0.05) is 30.2 Å². The Kier molecular flexibility index (Phi) is 6.41. The van der Waals surface area contributed by atoms with Crippen LogP contribution in [0.4, 0.5) is 0 Å². The lowest BCUT2D eigenvalue weighted by molar-refractivity contribution is -0.123. The molecular formula is C17H25ClN2O3. The number of carbonyl (C=O) groups excluding carboxylic acids is 1. The summed E-state index contributed by atoms with van der Waals surface area (Å²) < 4.78 is 5.36. The highest BCUT2D eigenvalue weighted by Gasteiger charge is 2.28. The number of ether oxygens (including phenoxy) is 1. The first-order valence-corrected chi connectivity index (χ1v) is 8.29. The Balaban J connectivity index is 1.80. The Hall–Kier alpha value is -1.14. The van der Waals surface area contributed by atoms with Crippen LogP contribution in [0.1, 0.15) is 31.9 Å². The molecule has 2 rings (SSSR count). The number of benzene rings is 1. The predicted molar refractivity (Wildman–Crippen MR) is 90.5 cm³/mol. The van der Waals surface area contributed by atoms with Crippen LogP contribution in [-0.2, 0) is 9.53 Å². The molecule has 0 aliphatic carbocycles. The van der Waals surface area contributed by atoms with Crippen molar-refractivity contribution in [3.8, 4) is 0 Å². The molecule has 128 valence electrons. The van der Waals surface area contributed by atoms with Gasteiger partial charge in [-0.3, -0.25) is 9.69 Å². The number of rotatable bonds is 6. The van der Waals surface area contributed by atoms with Crippen LogP contribution in [0, 0.1) is 0 Å². The molecule has 1 amide bonds. The third-order valence-electron chi connectivity index (χ3n) is 4.22. The molecular weight excluding hydrogens is 316 g/mol. The van der Waals surface area contributed by atoms with Gasteiger partial charge in [-0.1, -0.05) is 23.7 Å². The van der Waals surface area contributed by atoms with E-state index in [-0.39, 0.29) is 17.9 Å². The first-order valence-electron chi connectivity index (χ1n) is 7.91. The standard InChI is InChI=1S/C17H25ClN2O3/c1-17(2,20-7-9-23-10-8-20)12-19-16(22)11-15(21)13-3-5-14(18)6-4-13/h3-6,15,21H,7-12H2,1-2H3,(H,19,22). The average Bonchev–Trinajstić information content (AvgIpc) is 2.54. The highest BCUT2D eigenvalue weighted by Crippen LogP contribution is 2.19. The van der Waals surface area contributed by atoms with Gasteiger partial charge in [0.2, 0.25) is 5.91 Å². The van der Waals surface area contributed by atoms with Crippen molar-refractivity contribution in [1.82, 2.24) is 10.2 Å². The number of nitrogens with zero attached hydrogens (tertiary/aromatic N) is 1. The summed E-state index contributed by atoms with van der Waals surface area (Å²) in [7, 11) is 0. The van der Waals surface area contributed by atoms with E-state index >= 15 is 0 Å². The zero-order valence-electron chi connectivity index (χ0n) is 13.7. The van der Waals surface area contributed by atoms with Gasteiger partial charge >= 0.3 is 0 Å². The van der Waals surface area contributed by atoms with E-state index in [1.54, 1.807) is 24.3 Å². The van der Waals surface area contributed by atoms with E-state index < -0.39 is 6.10 Å². The van der Waals surface area contributed by atoms with Crippen LogP contribution >= 0.6 is 11.6 Å². The Morgan fingerprint density at radius 1 is 1.35 bits per heavy atom. The van der Waals surface area contributed by atoms with Gasteiger partial charge in [-0.2, -0.15) is 0 Å². The molecule has 0 aromatic heterocycles. The average molecular weight is 341 g/mol. The zero-order chi connectivity index (χ0) is 16.9. The smallest absolute Gasteiger partial charge is 0.223 e. The molecule has 1 heterocycles. The van der Waals surface area contributed by atoms with Gasteiger partial charge in [-0.05, 0) is 31.5 Å². The first kappa shape index (κ1) is 18.2. The van der Waals surface area contributed by atoms with E-state index in [0.29, 0.717) is 17.1 Å². The molecule has 1 saturated heterocycles. The van der Waals surface area contributed by atoms with Crippen LogP contribution in [0.3, 0.4) is 0 Å². The Morgan fingerprint density at radius 3 is 2.57 bits per heavy atom. The molecule has 0 saturated carbocycles. The Labute approximate surface area is 142 Å². The molecule has 23 heavy (non-hydrogen) atoms. The third kappa shape index (κ3) is 5.46. The lowest BCUT2D eigenvalue weighted by atomic mass is 10.0. The molecule has 5 nitrogen and oxygen atoms in total. The number of hydrogen-bond donors (Lipinski definition) is 2. The maximum absolute atomic E-state index is 12.1. The van der Waals surface area contributed by atoms with Crippen molar-refractivity contribution < 1.29 is 14.6 Å². The van der Waals surface area contributed by atoms with Crippen molar-refractivity contribution in [2.45, 2.75) is 31.9 Å². The molecule has 1 unspecified atom stereocenters. The monoisotopic (exact) mass is 340 g/mol. The number of nitrogens with one attached hydrogen (secondary N) is 1. The van der Waals surface area contributed by atoms with Crippen LogP contribution in [-0.4, -0.2) is 54.3 Å². The molecule has 1 aromatic carbocycles. The van der Waals surface area contributed by atoms with Gasteiger partial charge in [0.25, 0.3) is 0 Å². The minimum atomic E-state index is -0.821. The predicted octanol–water partition coefficient (Wildman–Crippen LogP) is 1.99. The quantitative estimate of drug-likeness (QED) is 0.831. The molecule has 1 aliphatic rings. The number of amides is 1. The summed E-state index contributed by atoms with van der Waals surface area (Å²) in [5.41, 5.74) is 0.557. The van der Waals surface area contributed by atoms with E-state index in [2.05, 4.69) is 24.1 Å². The molecule has 1 aromatic rings. The largest absolute Gasteiger partial charge is 0.388 e. The fourth-order valence-electron chi connectivity index (χ4n) is 2.65. The van der Waals surface area contributed by atoms with Gasteiger partial charge in [0.05, 0.1) is 25.7 Å². The number of aliphatic hydroxyl groups is 1. The van der Waals surface area contributed by atoms with Gasteiger partial charge in [-0.25, -0.2) is 0 Å². The summed E-state index contributed by atoms with van der Waals surface area (Å²) in [5, 5.41) is 13.7. The molecule has 1 atom stereocenters. The lowest BCUT2D eigenvalue weighted by Gasteiger charge is -2.40. The summed E-state index contributed by atoms with van der Waals surface area (Å²) in [6.07, 6.45) is -0.778. The third-order valence-corrected chi connectivity index (χ3v) is 4.47. The molecule has 1 aliphatic heterocycles. The fourth-order valence-corrected chi connectivity index (χ4v) is 2.77. The Morgan fingerprint density at radius 2 is 1.96 bits per heavy atom. The van der Waals surface area contributed by atoms with Crippen LogP contribution in [0.15, 0.2) is 24.3 Å². The summed E-state index contributed by atoms with van der Waals surface area (Å²) in [6, 6.07) is 6.88. The summed E-state index contributed by atoms with van der Waals surface area (Å²) >= 11 is 5.82. The molecule has 0 radical (unpaired) electrons. The second-order valence-electron chi connectivity index (χ2n) is 6.46. The minimum Gasteiger partial charge on any atom is -0.388 e. The summed E-state index contributed by atoms with van der Waals surface area (Å²) in [5.74, 6) is -0.159. The Bertz CT molecular complexity index is 513. The SMILES string of the molecule is CC(C)(CNC(=O)CC(O)c1ccc(Cl)cc1)N1CCOCC1. The van der Waals surface area contributed by atoms with Crippen LogP contribution in [0.5, 0.6) is 0 Å². The van der Waals surface area contributed by atoms with Crippen molar-refractivity contribution in [3.05, 3.63) is 34.9 Å². The second-order valence-corrected chi connectivity index (χ2v) is 6.90. The van der Waals surface area contributed by atoms with Gasteiger partial charge in [-0.15, -0.1) is 0 Å². The lowest BCUT2D eigenvalue weighted by Crippen LogP contribution is -2.55. The van der Waals surface area contributed by atoms with E-state index in [9.17, 15) is 9.90 Å². The molecule has 2 N–H and O–H groups in total. The topological polar surface area (TPSA) is 61.8 Å². The van der Waals surface area contributed by atoms with E-state index in [0.717, 1.165) is 26.3 Å². The van der Waals surface area contributed by atoms with Crippen LogP contribution < -0.4 is 5.32 Å². The van der Waals surface area contributed by atoms with Crippen molar-refractivity contribution in [2.75, 3.05) is 32.8 Å². The van der Waals surface area contributed by atoms with E-state index in [1.165, 1.54) is 0 Å². The zero-order valence-corrected chi connectivity index (χ0v) is 14.5. The summed E-state index contributed by atoms with van der Waals surface area (Å²) in [4.78, 5) is 14.4. The molecule has 1 fully saturated rings. The number of morpholine rings is 1. The van der Waals surface area contributed by atoms with E-state index in [4.69, 9.17) is 16.3 Å². The molecule has 0 bridgehead atoms. The number of halogens is 1. The van der Waals surface area contributed by atoms with Crippen molar-refractivity contribution in [3.63, 3.8) is 0 Å². The van der Waals surface area contributed by atoms with Gasteiger partial charge in [0.15, 0.2) is 0 Å². The fraction of sp³-hybridized carbons (Fsp3) is 0.588. The van der Waals surface area contributed by atoms with Crippen molar-refractivity contribution in [2.24, 2.45) is 0 Å². The highest BCUT2D eigenvalue weighted by atomic mass is 35.5. The van der Waals surface area contributed by atoms with Crippen LogP contribution in [0.2, 0.25) is 5.02 Å². The van der Waals surface area contributed by atoms with E-state index in [1.807, 2.05) is 0 Å². The normalized spacial score (nSPS) is 17.7. The van der Waals surface area contributed by atoms with Crippen molar-refractivity contribution in [1.29, 1.82) is 0 Å². The maximum Gasteiger partial charge on any atom is 0.223 e. The number of hydrogen-bond acceptors (Lipinski definition) is 4. The van der Waals surface area contributed by atoms with Gasteiger partial charge in [0.1, 0.15) is 0 Å². The highest BCUT2D eigenvalue weighted by molar-refractivity contribution is 6.30. The van der Waals surface area contributed by atoms with Crippen LogP contribution in [0.25, 0.3) is 0 Å². The van der Waals surface area contributed by atoms with Gasteiger partial charge < -0.3 is 15.2 Å².